The Hall–Kier alpha value is -4.13. The number of fused-ring (bicyclic) bond motifs is 1. The van der Waals surface area contributed by atoms with Crippen LogP contribution in [-0.2, 0) is 12.7 Å². The number of halogens is 5. The van der Waals surface area contributed by atoms with E-state index in [1.165, 1.54) is 35.0 Å². The number of benzene rings is 2. The standard InChI is InChI=1S/C22H18ClF4N7O2/c1-28-19-29-9-11-10-34(21(36)33(2)18(11)32-19)13-4-6-16(24)17(8-13)31-20(35)30-12-3-5-15(23)14(7-12)22(25,26)27/h3-9H,10H2,1-2H3,(H,28,29,32)(H2,30,31,35). The monoisotopic (exact) mass is 523 g/mol. The lowest BCUT2D eigenvalue weighted by Gasteiger charge is -2.34. The molecule has 0 saturated carbocycles. The van der Waals surface area contributed by atoms with Crippen LogP contribution in [0.5, 0.6) is 0 Å². The van der Waals surface area contributed by atoms with Gasteiger partial charge in [-0.25, -0.2) is 19.0 Å². The number of hydrogen-bond acceptors (Lipinski definition) is 5. The molecular weight excluding hydrogens is 506 g/mol. The molecule has 0 aliphatic carbocycles. The number of alkyl halides is 3. The second-order valence-corrected chi connectivity index (χ2v) is 8.06. The zero-order valence-corrected chi connectivity index (χ0v) is 19.5. The van der Waals surface area contributed by atoms with Gasteiger partial charge >= 0.3 is 18.2 Å². The van der Waals surface area contributed by atoms with E-state index in [9.17, 15) is 27.2 Å². The summed E-state index contributed by atoms with van der Waals surface area (Å²) in [4.78, 5) is 36.4. The average molecular weight is 524 g/mol. The number of amides is 4. The van der Waals surface area contributed by atoms with Crippen molar-refractivity contribution >= 4 is 52.5 Å². The third-order valence-corrected chi connectivity index (χ3v) is 5.60. The van der Waals surface area contributed by atoms with Gasteiger partial charge in [-0.1, -0.05) is 11.6 Å². The van der Waals surface area contributed by atoms with Gasteiger partial charge in [-0.2, -0.15) is 18.2 Å². The van der Waals surface area contributed by atoms with E-state index in [-0.39, 0.29) is 23.6 Å². The SMILES string of the molecule is CNc1ncc2c(n1)N(C)C(=O)N(c1ccc(F)c(NC(=O)Nc3ccc(Cl)c(C(F)(F)F)c3)c1)C2. The summed E-state index contributed by atoms with van der Waals surface area (Å²) in [5.74, 6) is -0.0676. The molecule has 1 aliphatic rings. The largest absolute Gasteiger partial charge is 0.417 e. The number of hydrogen-bond donors (Lipinski definition) is 3. The van der Waals surface area contributed by atoms with Gasteiger partial charge in [0, 0.05) is 37.2 Å². The molecule has 0 fully saturated rings. The first-order valence-corrected chi connectivity index (χ1v) is 10.7. The Kier molecular flexibility index (Phi) is 6.59. The number of nitrogens with one attached hydrogen (secondary N) is 3. The zero-order valence-electron chi connectivity index (χ0n) is 18.7. The van der Waals surface area contributed by atoms with E-state index in [4.69, 9.17) is 11.6 Å². The van der Waals surface area contributed by atoms with Gasteiger partial charge in [-0.3, -0.25) is 9.80 Å². The van der Waals surface area contributed by atoms with Crippen LogP contribution in [0.25, 0.3) is 0 Å². The fourth-order valence-corrected chi connectivity index (χ4v) is 3.74. The van der Waals surface area contributed by atoms with Crippen molar-refractivity contribution < 1.29 is 27.2 Å². The highest BCUT2D eigenvalue weighted by Gasteiger charge is 2.34. The molecule has 0 atom stereocenters. The van der Waals surface area contributed by atoms with Crippen LogP contribution in [0.3, 0.4) is 0 Å². The third-order valence-electron chi connectivity index (χ3n) is 5.27. The van der Waals surface area contributed by atoms with Crippen LogP contribution in [-0.4, -0.2) is 36.1 Å². The molecule has 4 rings (SSSR count). The Labute approximate surface area is 207 Å². The van der Waals surface area contributed by atoms with Gasteiger partial charge in [0.15, 0.2) is 0 Å². The molecule has 0 radical (unpaired) electrons. The molecule has 2 heterocycles. The molecule has 0 spiro atoms. The molecule has 0 unspecified atom stereocenters. The van der Waals surface area contributed by atoms with E-state index < -0.39 is 34.6 Å². The highest BCUT2D eigenvalue weighted by molar-refractivity contribution is 6.31. The molecule has 4 amide bonds. The molecule has 1 aliphatic heterocycles. The Bertz CT molecular complexity index is 1350. The predicted molar refractivity (Wildman–Crippen MR) is 127 cm³/mol. The summed E-state index contributed by atoms with van der Waals surface area (Å²) >= 11 is 5.58. The van der Waals surface area contributed by atoms with Crippen LogP contribution in [0.4, 0.5) is 56.0 Å². The minimum Gasteiger partial charge on any atom is -0.357 e. The van der Waals surface area contributed by atoms with Gasteiger partial charge in [-0.05, 0) is 36.4 Å². The predicted octanol–water partition coefficient (Wildman–Crippen LogP) is 5.55. The molecule has 3 N–H and O–H groups in total. The maximum Gasteiger partial charge on any atom is 0.417 e. The third kappa shape index (κ3) is 4.96. The summed E-state index contributed by atoms with van der Waals surface area (Å²) in [5, 5.41) is 6.72. The number of nitrogens with zero attached hydrogens (tertiary/aromatic N) is 4. The second-order valence-electron chi connectivity index (χ2n) is 7.66. The topological polar surface area (TPSA) is 102 Å². The average Bonchev–Trinajstić information content (AvgIpc) is 2.83. The molecule has 3 aromatic rings. The van der Waals surface area contributed by atoms with E-state index in [1.54, 1.807) is 13.2 Å². The van der Waals surface area contributed by atoms with Gasteiger partial charge in [0.05, 0.1) is 22.8 Å². The van der Waals surface area contributed by atoms with Crippen molar-refractivity contribution in [3.05, 3.63) is 64.6 Å². The van der Waals surface area contributed by atoms with E-state index >= 15 is 0 Å². The lowest BCUT2D eigenvalue weighted by atomic mass is 10.2. The number of carbonyl (C=O) groups excluding carboxylic acids is 2. The van der Waals surface area contributed by atoms with Crippen LogP contribution in [0.2, 0.25) is 5.02 Å². The van der Waals surface area contributed by atoms with Crippen molar-refractivity contribution in [3.63, 3.8) is 0 Å². The molecule has 36 heavy (non-hydrogen) atoms. The number of urea groups is 2. The highest BCUT2D eigenvalue weighted by atomic mass is 35.5. The summed E-state index contributed by atoms with van der Waals surface area (Å²) in [5.41, 5.74) is -0.730. The van der Waals surface area contributed by atoms with Gasteiger partial charge < -0.3 is 16.0 Å². The van der Waals surface area contributed by atoms with Crippen molar-refractivity contribution in [1.29, 1.82) is 0 Å². The number of aromatic nitrogens is 2. The van der Waals surface area contributed by atoms with Crippen LogP contribution in [0.1, 0.15) is 11.1 Å². The first-order valence-electron chi connectivity index (χ1n) is 10.3. The number of carbonyl (C=O) groups is 2. The fourth-order valence-electron chi connectivity index (χ4n) is 3.51. The lowest BCUT2D eigenvalue weighted by Crippen LogP contribution is -2.46. The smallest absolute Gasteiger partial charge is 0.357 e. The normalized spacial score (nSPS) is 13.4. The van der Waals surface area contributed by atoms with E-state index in [0.717, 1.165) is 12.1 Å². The van der Waals surface area contributed by atoms with Crippen molar-refractivity contribution in [2.45, 2.75) is 12.7 Å². The highest BCUT2D eigenvalue weighted by Crippen LogP contribution is 2.36. The molecule has 14 heteroatoms. The summed E-state index contributed by atoms with van der Waals surface area (Å²) < 4.78 is 53.7. The Morgan fingerprint density at radius 2 is 1.89 bits per heavy atom. The molecule has 188 valence electrons. The van der Waals surface area contributed by atoms with Gasteiger partial charge in [0.25, 0.3) is 0 Å². The van der Waals surface area contributed by atoms with E-state index in [1.807, 2.05) is 0 Å². The molecular formula is C22H18ClF4N7O2. The van der Waals surface area contributed by atoms with Gasteiger partial charge in [0.2, 0.25) is 5.95 Å². The lowest BCUT2D eigenvalue weighted by molar-refractivity contribution is -0.137. The summed E-state index contributed by atoms with van der Waals surface area (Å²) in [6.45, 7) is 0.0881. The minimum absolute atomic E-state index is 0.0881. The maximum atomic E-state index is 14.5. The Morgan fingerprint density at radius 3 is 2.58 bits per heavy atom. The summed E-state index contributed by atoms with van der Waals surface area (Å²) in [6, 6.07) is 5.01. The van der Waals surface area contributed by atoms with Crippen LogP contribution in [0.15, 0.2) is 42.6 Å². The molecule has 1 aromatic heterocycles. The van der Waals surface area contributed by atoms with E-state index in [2.05, 4.69) is 25.9 Å². The Morgan fingerprint density at radius 1 is 1.14 bits per heavy atom. The zero-order chi connectivity index (χ0) is 26.2. The molecule has 9 nitrogen and oxygen atoms in total. The van der Waals surface area contributed by atoms with Crippen molar-refractivity contribution in [1.82, 2.24) is 9.97 Å². The van der Waals surface area contributed by atoms with Crippen LogP contribution >= 0.6 is 11.6 Å². The number of anilines is 5. The van der Waals surface area contributed by atoms with Gasteiger partial charge in [0.1, 0.15) is 11.6 Å². The second kappa shape index (κ2) is 9.49. The Balaban J connectivity index is 1.55. The van der Waals surface area contributed by atoms with Crippen LogP contribution in [0, 0.1) is 5.82 Å². The van der Waals surface area contributed by atoms with Gasteiger partial charge in [-0.15, -0.1) is 0 Å². The fraction of sp³-hybridized carbons (Fsp3) is 0.182. The van der Waals surface area contributed by atoms with Crippen molar-refractivity contribution in [2.24, 2.45) is 0 Å². The molecule has 2 aromatic carbocycles. The maximum absolute atomic E-state index is 14.5. The number of rotatable bonds is 4. The van der Waals surface area contributed by atoms with Crippen LogP contribution < -0.4 is 25.8 Å². The molecule has 0 bridgehead atoms. The van der Waals surface area contributed by atoms with Crippen molar-refractivity contribution in [3.8, 4) is 0 Å². The first kappa shape index (κ1) is 25.0. The minimum atomic E-state index is -4.72. The first-order chi connectivity index (χ1) is 17.0. The molecule has 0 saturated heterocycles. The van der Waals surface area contributed by atoms with E-state index in [0.29, 0.717) is 23.4 Å². The summed E-state index contributed by atoms with van der Waals surface area (Å²) in [6.07, 6.45) is -3.17. The van der Waals surface area contributed by atoms with Crippen molar-refractivity contribution in [2.75, 3.05) is 39.8 Å². The quantitative estimate of drug-likeness (QED) is 0.389. The summed E-state index contributed by atoms with van der Waals surface area (Å²) in [7, 11) is 3.17.